The molecule has 0 amide bonds. The van der Waals surface area contributed by atoms with Crippen LogP contribution in [0.1, 0.15) is 44.4 Å². The van der Waals surface area contributed by atoms with Gasteiger partial charge in [0.2, 0.25) is 0 Å². The molecule has 0 radical (unpaired) electrons. The van der Waals surface area contributed by atoms with Crippen LogP contribution in [0.25, 0.3) is 6.08 Å². The van der Waals surface area contributed by atoms with E-state index in [2.05, 4.69) is 74.3 Å². The van der Waals surface area contributed by atoms with Gasteiger partial charge in [0.05, 0.1) is 24.4 Å². The molecule has 142 valence electrons. The van der Waals surface area contributed by atoms with Crippen LogP contribution in [0, 0.1) is 0 Å². The summed E-state index contributed by atoms with van der Waals surface area (Å²) in [5, 5.41) is 0. The first-order valence-corrected chi connectivity index (χ1v) is 9.90. The Morgan fingerprint density at radius 1 is 0.963 bits per heavy atom. The molecule has 0 fully saturated rings. The molecule has 0 saturated carbocycles. The third kappa shape index (κ3) is 2.40. The van der Waals surface area contributed by atoms with Gasteiger partial charge in [-0.15, -0.1) is 0 Å². The summed E-state index contributed by atoms with van der Waals surface area (Å²) in [6.45, 7) is 10.1. The first-order valence-electron chi connectivity index (χ1n) is 9.90. The van der Waals surface area contributed by atoms with Gasteiger partial charge >= 0.3 is 0 Å². The normalized spacial score (nSPS) is 21.9. The summed E-state index contributed by atoms with van der Waals surface area (Å²) < 4.78 is 12.1. The minimum atomic E-state index is -0.150. The van der Waals surface area contributed by atoms with Crippen LogP contribution in [0.5, 0.6) is 11.5 Å². The quantitative estimate of drug-likeness (QED) is 0.743. The van der Waals surface area contributed by atoms with Gasteiger partial charge in [-0.05, 0) is 37.1 Å². The molecule has 2 aromatic rings. The molecule has 0 N–H and O–H groups in total. The molecule has 0 bridgehead atoms. The molecule has 0 aromatic heterocycles. The second-order valence-electron chi connectivity index (χ2n) is 7.97. The van der Waals surface area contributed by atoms with Crippen LogP contribution >= 0.6 is 0 Å². The fourth-order valence-corrected chi connectivity index (χ4v) is 4.97. The Bertz CT molecular complexity index is 899. The summed E-state index contributed by atoms with van der Waals surface area (Å²) in [6.07, 6.45) is 5.64. The number of nitrogens with zero attached hydrogens (tertiary/aromatic N) is 1. The second kappa shape index (κ2) is 6.33. The summed E-state index contributed by atoms with van der Waals surface area (Å²) in [5.41, 5.74) is 4.85. The van der Waals surface area contributed by atoms with Crippen LogP contribution in [0.3, 0.4) is 0 Å². The molecule has 3 heteroatoms. The highest BCUT2D eigenvalue weighted by molar-refractivity contribution is 5.80. The summed E-state index contributed by atoms with van der Waals surface area (Å²) in [7, 11) is 2.20. The van der Waals surface area contributed by atoms with Gasteiger partial charge < -0.3 is 14.4 Å². The van der Waals surface area contributed by atoms with Gasteiger partial charge in [-0.1, -0.05) is 50.3 Å². The Hall–Kier alpha value is -2.42. The van der Waals surface area contributed by atoms with E-state index in [4.69, 9.17) is 9.47 Å². The Morgan fingerprint density at radius 3 is 2.37 bits per heavy atom. The Balaban J connectivity index is 1.93. The van der Waals surface area contributed by atoms with Crippen LogP contribution in [0.2, 0.25) is 0 Å². The highest BCUT2D eigenvalue weighted by atomic mass is 16.5. The Labute approximate surface area is 162 Å². The van der Waals surface area contributed by atoms with Crippen molar-refractivity contribution in [2.75, 3.05) is 25.2 Å². The monoisotopic (exact) mass is 363 g/mol. The molecule has 4 rings (SSSR count). The molecule has 27 heavy (non-hydrogen) atoms. The molecule has 1 atom stereocenters. The van der Waals surface area contributed by atoms with Gasteiger partial charge in [-0.2, -0.15) is 0 Å². The molecule has 1 aliphatic heterocycles. The van der Waals surface area contributed by atoms with Crippen LogP contribution in [0.4, 0.5) is 5.69 Å². The predicted octanol–water partition coefficient (Wildman–Crippen LogP) is 5.22. The van der Waals surface area contributed by atoms with Crippen LogP contribution in [-0.4, -0.2) is 25.8 Å². The number of hydrogen-bond donors (Lipinski definition) is 0. The number of ether oxygens (including phenoxy) is 2. The van der Waals surface area contributed by atoms with E-state index in [1.165, 1.54) is 16.7 Å². The molecule has 1 spiro atoms. The van der Waals surface area contributed by atoms with E-state index >= 15 is 0 Å². The first kappa shape index (κ1) is 18.0. The minimum Gasteiger partial charge on any atom is -0.493 e. The zero-order valence-electron chi connectivity index (χ0n) is 17.0. The van der Waals surface area contributed by atoms with Crippen molar-refractivity contribution >= 4 is 11.8 Å². The van der Waals surface area contributed by atoms with E-state index in [1.54, 1.807) is 0 Å². The van der Waals surface area contributed by atoms with Crippen LogP contribution in [0.15, 0.2) is 42.5 Å². The molecular weight excluding hydrogens is 334 g/mol. The number of hydrogen-bond acceptors (Lipinski definition) is 3. The number of benzene rings is 2. The Kier molecular flexibility index (Phi) is 4.21. The van der Waals surface area contributed by atoms with Crippen molar-refractivity contribution in [3.63, 3.8) is 0 Å². The fourth-order valence-electron chi connectivity index (χ4n) is 4.97. The maximum atomic E-state index is 6.06. The molecule has 3 nitrogen and oxygen atoms in total. The van der Waals surface area contributed by atoms with E-state index in [9.17, 15) is 0 Å². The molecule has 0 saturated heterocycles. The maximum absolute atomic E-state index is 6.06. The number of likely N-dealkylation sites (N-methyl/N-ethyl adjacent to an activating group) is 1. The van der Waals surface area contributed by atoms with Crippen molar-refractivity contribution in [2.24, 2.45) is 0 Å². The van der Waals surface area contributed by atoms with Gasteiger partial charge in [-0.25, -0.2) is 0 Å². The number of anilines is 1. The van der Waals surface area contributed by atoms with E-state index in [0.717, 1.165) is 23.6 Å². The summed E-state index contributed by atoms with van der Waals surface area (Å²) >= 11 is 0. The van der Waals surface area contributed by atoms with Gasteiger partial charge in [-0.3, -0.25) is 0 Å². The zero-order chi connectivity index (χ0) is 19.2. The molecule has 1 unspecified atom stereocenters. The van der Waals surface area contributed by atoms with Crippen molar-refractivity contribution in [2.45, 2.75) is 45.1 Å². The molecule has 2 aliphatic rings. The van der Waals surface area contributed by atoms with Gasteiger partial charge in [0.1, 0.15) is 11.5 Å². The summed E-state index contributed by atoms with van der Waals surface area (Å²) in [5.74, 6) is 1.91. The lowest BCUT2D eigenvalue weighted by Crippen LogP contribution is -2.55. The molecular formula is C24H29NO2. The van der Waals surface area contributed by atoms with Crippen LogP contribution in [-0.2, 0) is 11.8 Å². The largest absolute Gasteiger partial charge is 0.493 e. The smallest absolute Gasteiger partial charge is 0.143 e. The average molecular weight is 364 g/mol. The van der Waals surface area contributed by atoms with Gasteiger partial charge in [0, 0.05) is 24.4 Å². The predicted molar refractivity (Wildman–Crippen MR) is 112 cm³/mol. The summed E-state index contributed by atoms with van der Waals surface area (Å²) in [6, 6.07) is 12.8. The van der Waals surface area contributed by atoms with Crippen molar-refractivity contribution in [3.05, 3.63) is 59.2 Å². The third-order valence-corrected chi connectivity index (χ3v) is 6.40. The lowest BCUT2D eigenvalue weighted by molar-refractivity contribution is 0.300. The van der Waals surface area contributed by atoms with E-state index in [1.807, 2.05) is 13.8 Å². The van der Waals surface area contributed by atoms with Crippen molar-refractivity contribution in [3.8, 4) is 11.5 Å². The van der Waals surface area contributed by atoms with Crippen molar-refractivity contribution in [1.29, 1.82) is 0 Å². The average Bonchev–Trinajstić information content (AvgIpc) is 2.83. The highest BCUT2D eigenvalue weighted by Gasteiger charge is 2.57. The number of rotatable bonds is 4. The van der Waals surface area contributed by atoms with Crippen molar-refractivity contribution < 1.29 is 9.47 Å². The van der Waals surface area contributed by atoms with Crippen molar-refractivity contribution in [1.82, 2.24) is 0 Å². The lowest BCUT2D eigenvalue weighted by Gasteiger charge is -2.46. The van der Waals surface area contributed by atoms with E-state index in [-0.39, 0.29) is 11.0 Å². The van der Waals surface area contributed by atoms with Gasteiger partial charge in [0.15, 0.2) is 0 Å². The topological polar surface area (TPSA) is 21.7 Å². The molecule has 2 aromatic carbocycles. The lowest BCUT2D eigenvalue weighted by atomic mass is 9.65. The van der Waals surface area contributed by atoms with Gasteiger partial charge in [0.25, 0.3) is 0 Å². The fraction of sp³-hybridized carbons (Fsp3) is 0.417. The first-order chi connectivity index (χ1) is 13.0. The van der Waals surface area contributed by atoms with E-state index < -0.39 is 0 Å². The Morgan fingerprint density at radius 2 is 1.63 bits per heavy atom. The highest BCUT2D eigenvalue weighted by Crippen LogP contribution is 2.60. The minimum absolute atomic E-state index is 0.126. The SMILES string of the molecule is CCOc1ccc(OCC)c2c1N(C)C1(C=Cc3ccccc3C1)C2(C)C. The maximum Gasteiger partial charge on any atom is 0.143 e. The zero-order valence-corrected chi connectivity index (χ0v) is 17.0. The standard InChI is InChI=1S/C24H29NO2/c1-6-26-19-12-13-20(27-7-2)22-21(19)23(3,4)24(25(22)5)15-14-17-10-8-9-11-18(17)16-24/h8-15H,6-7,16H2,1-5H3. The summed E-state index contributed by atoms with van der Waals surface area (Å²) in [4.78, 5) is 2.42. The second-order valence-corrected chi connectivity index (χ2v) is 7.97. The number of fused-ring (bicyclic) bond motifs is 2. The third-order valence-electron chi connectivity index (χ3n) is 6.40. The molecule has 1 heterocycles. The molecule has 1 aliphatic carbocycles. The van der Waals surface area contributed by atoms with E-state index in [0.29, 0.717) is 13.2 Å². The van der Waals surface area contributed by atoms with Crippen LogP contribution < -0.4 is 14.4 Å².